The van der Waals surface area contributed by atoms with Crippen LogP contribution in [0.4, 0.5) is 0 Å². The molecule has 0 spiro atoms. The zero-order valence-corrected chi connectivity index (χ0v) is 24.3. The van der Waals surface area contributed by atoms with Gasteiger partial charge < -0.3 is 13.9 Å². The van der Waals surface area contributed by atoms with E-state index in [4.69, 9.17) is 4.74 Å². The zero-order chi connectivity index (χ0) is 29.5. The number of benzene rings is 7. The highest BCUT2D eigenvalue weighted by atomic mass is 16.5. The standard InChI is InChI=1S/C42H26N2O/c1-2-13-29(30-14-3-6-18-35(30)43-36-19-7-4-15-31(36)32-16-5-8-20-37(32)43)28(12-1)27-24-25-38-34(26-27)33-17-11-23-41-42(33)44(38)39-21-9-10-22-40(39)45-41/h1-26H. The third-order valence-electron chi connectivity index (χ3n) is 9.33. The van der Waals surface area contributed by atoms with Crippen LogP contribution in [0.2, 0.25) is 0 Å². The Morgan fingerprint density at radius 3 is 1.73 bits per heavy atom. The van der Waals surface area contributed by atoms with Crippen molar-refractivity contribution in [1.82, 2.24) is 9.13 Å². The molecule has 1 aliphatic heterocycles. The molecule has 210 valence electrons. The Morgan fingerprint density at radius 1 is 0.356 bits per heavy atom. The smallest absolute Gasteiger partial charge is 0.152 e. The average Bonchev–Trinajstić information content (AvgIpc) is 3.62. The van der Waals surface area contributed by atoms with Crippen molar-refractivity contribution in [3.63, 3.8) is 0 Å². The van der Waals surface area contributed by atoms with Gasteiger partial charge in [-0.2, -0.15) is 0 Å². The number of para-hydroxylation sites is 6. The van der Waals surface area contributed by atoms with E-state index in [1.165, 1.54) is 66.0 Å². The molecule has 1 aliphatic rings. The molecule has 0 radical (unpaired) electrons. The first kappa shape index (κ1) is 24.4. The highest BCUT2D eigenvalue weighted by Gasteiger charge is 2.24. The summed E-state index contributed by atoms with van der Waals surface area (Å²) in [6.45, 7) is 0. The van der Waals surface area contributed by atoms with Gasteiger partial charge in [0, 0.05) is 27.1 Å². The SMILES string of the molecule is c1ccc2c(c1)Oc1cccc3c4cc(-c5ccccc5-c5ccccc5-n5c6ccccc6c6ccccc65)ccc4n-2c13. The highest BCUT2D eigenvalue weighted by Crippen LogP contribution is 2.46. The van der Waals surface area contributed by atoms with Crippen LogP contribution in [0, 0.1) is 0 Å². The molecule has 0 amide bonds. The van der Waals surface area contributed by atoms with Crippen LogP contribution in [0.5, 0.6) is 11.5 Å². The molecule has 3 heterocycles. The van der Waals surface area contributed by atoms with Crippen molar-refractivity contribution < 1.29 is 4.74 Å². The minimum atomic E-state index is 0.881. The number of ether oxygens (including phenoxy) is 1. The predicted molar refractivity (Wildman–Crippen MR) is 186 cm³/mol. The molecule has 0 bridgehead atoms. The molecule has 0 atom stereocenters. The summed E-state index contributed by atoms with van der Waals surface area (Å²) >= 11 is 0. The van der Waals surface area contributed by atoms with Gasteiger partial charge >= 0.3 is 0 Å². The lowest BCUT2D eigenvalue weighted by Crippen LogP contribution is -2.03. The Balaban J connectivity index is 1.22. The van der Waals surface area contributed by atoms with Crippen molar-refractivity contribution in [2.75, 3.05) is 0 Å². The predicted octanol–water partition coefficient (Wildman–Crippen LogP) is 11.3. The normalized spacial score (nSPS) is 12.2. The third kappa shape index (κ3) is 3.41. The van der Waals surface area contributed by atoms with Crippen molar-refractivity contribution in [2.24, 2.45) is 0 Å². The van der Waals surface area contributed by atoms with Crippen LogP contribution in [-0.4, -0.2) is 9.13 Å². The van der Waals surface area contributed by atoms with Crippen LogP contribution < -0.4 is 4.74 Å². The first-order valence-electron chi connectivity index (χ1n) is 15.4. The molecule has 3 heteroatoms. The maximum atomic E-state index is 6.36. The molecule has 0 aliphatic carbocycles. The Bertz CT molecular complexity index is 2580. The lowest BCUT2D eigenvalue weighted by Gasteiger charge is -2.20. The van der Waals surface area contributed by atoms with Crippen molar-refractivity contribution >= 4 is 43.6 Å². The first-order valence-corrected chi connectivity index (χ1v) is 15.4. The second kappa shape index (κ2) is 9.22. The van der Waals surface area contributed by atoms with Gasteiger partial charge in [-0.05, 0) is 65.2 Å². The van der Waals surface area contributed by atoms with Crippen LogP contribution in [-0.2, 0) is 0 Å². The summed E-state index contributed by atoms with van der Waals surface area (Å²) in [7, 11) is 0. The molecule has 0 saturated heterocycles. The van der Waals surface area contributed by atoms with E-state index in [1.54, 1.807) is 0 Å². The molecule has 2 aromatic heterocycles. The second-order valence-corrected chi connectivity index (χ2v) is 11.7. The maximum absolute atomic E-state index is 6.36. The van der Waals surface area contributed by atoms with Gasteiger partial charge in [0.25, 0.3) is 0 Å². The fourth-order valence-corrected chi connectivity index (χ4v) is 7.43. The van der Waals surface area contributed by atoms with Crippen molar-refractivity contribution in [3.05, 3.63) is 158 Å². The number of aromatic nitrogens is 2. The minimum absolute atomic E-state index is 0.881. The van der Waals surface area contributed by atoms with E-state index < -0.39 is 0 Å². The van der Waals surface area contributed by atoms with Crippen LogP contribution >= 0.6 is 0 Å². The Morgan fingerprint density at radius 2 is 0.933 bits per heavy atom. The number of hydrogen-bond donors (Lipinski definition) is 0. The van der Waals surface area contributed by atoms with E-state index in [9.17, 15) is 0 Å². The molecule has 3 nitrogen and oxygen atoms in total. The Hall–Kier alpha value is -6.06. The summed E-state index contributed by atoms with van der Waals surface area (Å²) in [5.74, 6) is 1.77. The zero-order valence-electron chi connectivity index (χ0n) is 24.3. The molecule has 45 heavy (non-hydrogen) atoms. The molecular formula is C42H26N2O. The van der Waals surface area contributed by atoms with Crippen molar-refractivity contribution in [1.29, 1.82) is 0 Å². The molecular weight excluding hydrogens is 548 g/mol. The van der Waals surface area contributed by atoms with Gasteiger partial charge in [-0.1, -0.05) is 109 Å². The molecule has 10 rings (SSSR count). The fraction of sp³-hybridized carbons (Fsp3) is 0. The summed E-state index contributed by atoms with van der Waals surface area (Å²) in [5, 5.41) is 4.94. The molecule has 0 saturated carbocycles. The van der Waals surface area contributed by atoms with E-state index in [0.29, 0.717) is 0 Å². The first-order chi connectivity index (χ1) is 22.3. The van der Waals surface area contributed by atoms with E-state index in [0.717, 1.165) is 22.7 Å². The molecule has 9 aromatic rings. The summed E-state index contributed by atoms with van der Waals surface area (Å²) < 4.78 is 11.1. The summed E-state index contributed by atoms with van der Waals surface area (Å²) in [4.78, 5) is 0. The van der Waals surface area contributed by atoms with Gasteiger partial charge in [-0.3, -0.25) is 0 Å². The third-order valence-corrected chi connectivity index (χ3v) is 9.33. The van der Waals surface area contributed by atoms with Gasteiger partial charge in [-0.15, -0.1) is 0 Å². The average molecular weight is 575 g/mol. The quantitative estimate of drug-likeness (QED) is 0.205. The summed E-state index contributed by atoms with van der Waals surface area (Å²) in [6, 6.07) is 56.6. The van der Waals surface area contributed by atoms with Gasteiger partial charge in [0.15, 0.2) is 11.5 Å². The Labute approximate surface area is 259 Å². The van der Waals surface area contributed by atoms with E-state index in [-0.39, 0.29) is 0 Å². The lowest BCUT2D eigenvalue weighted by molar-refractivity contribution is 0.476. The summed E-state index contributed by atoms with van der Waals surface area (Å²) in [6.07, 6.45) is 0. The molecule has 7 aromatic carbocycles. The molecule has 0 fully saturated rings. The van der Waals surface area contributed by atoms with Gasteiger partial charge in [0.2, 0.25) is 0 Å². The Kier molecular flexibility index (Phi) is 5.00. The van der Waals surface area contributed by atoms with Crippen LogP contribution in [0.15, 0.2) is 158 Å². The maximum Gasteiger partial charge on any atom is 0.152 e. The molecule has 0 unspecified atom stereocenters. The van der Waals surface area contributed by atoms with Crippen LogP contribution in [0.25, 0.3) is 77.2 Å². The number of rotatable bonds is 3. The minimum Gasteiger partial charge on any atom is -0.453 e. The van der Waals surface area contributed by atoms with Gasteiger partial charge in [0.1, 0.15) is 0 Å². The largest absolute Gasteiger partial charge is 0.453 e. The van der Waals surface area contributed by atoms with Gasteiger partial charge in [0.05, 0.1) is 33.4 Å². The second-order valence-electron chi connectivity index (χ2n) is 11.7. The lowest BCUT2D eigenvalue weighted by atomic mass is 9.92. The van der Waals surface area contributed by atoms with Gasteiger partial charge in [-0.25, -0.2) is 0 Å². The van der Waals surface area contributed by atoms with Crippen molar-refractivity contribution in [3.8, 4) is 45.1 Å². The number of fused-ring (bicyclic) bond motifs is 8. The van der Waals surface area contributed by atoms with E-state index in [2.05, 4.69) is 155 Å². The van der Waals surface area contributed by atoms with E-state index >= 15 is 0 Å². The highest BCUT2D eigenvalue weighted by molar-refractivity contribution is 6.14. The van der Waals surface area contributed by atoms with E-state index in [1.807, 2.05) is 12.1 Å². The fourth-order valence-electron chi connectivity index (χ4n) is 7.43. The number of nitrogens with zero attached hydrogens (tertiary/aromatic N) is 2. The van der Waals surface area contributed by atoms with Crippen LogP contribution in [0.1, 0.15) is 0 Å². The summed E-state index contributed by atoms with van der Waals surface area (Å²) in [5.41, 5.74) is 11.8. The topological polar surface area (TPSA) is 19.1 Å². The van der Waals surface area contributed by atoms with Crippen LogP contribution in [0.3, 0.4) is 0 Å². The molecule has 0 N–H and O–H groups in total. The van der Waals surface area contributed by atoms with Crippen molar-refractivity contribution in [2.45, 2.75) is 0 Å². The monoisotopic (exact) mass is 574 g/mol. The number of hydrogen-bond acceptors (Lipinski definition) is 1.